The number of hydrogen-bond donors (Lipinski definition) is 1. The Balaban J connectivity index is 0.00000225. The van der Waals surface area contributed by atoms with Crippen molar-refractivity contribution in [3.8, 4) is 0 Å². The molecule has 0 spiro atoms. The Morgan fingerprint density at radius 3 is 2.38 bits per heavy atom. The number of hydrogen-bond acceptors (Lipinski definition) is 2. The number of likely N-dealkylation sites (N-methyl/N-ethyl adjacent to an activating group) is 1. The summed E-state index contributed by atoms with van der Waals surface area (Å²) in [4.78, 5) is 13.4. The van der Waals surface area contributed by atoms with E-state index in [4.69, 9.17) is 0 Å². The number of rotatable bonds is 4. The van der Waals surface area contributed by atoms with Gasteiger partial charge in [0.25, 0.3) is 0 Å². The number of carbonyl (C=O) groups excluding carboxylic acids is 1. The SMILES string of the molecule is CC(C)N(C)C(=O)CNc1ccccc1.Cl. The largest absolute Gasteiger partial charge is 0.376 e. The van der Waals surface area contributed by atoms with Crippen molar-refractivity contribution >= 4 is 24.0 Å². The van der Waals surface area contributed by atoms with Gasteiger partial charge in [0.1, 0.15) is 0 Å². The summed E-state index contributed by atoms with van der Waals surface area (Å²) in [5, 5.41) is 3.09. The normalized spacial score (nSPS) is 9.50. The van der Waals surface area contributed by atoms with Crippen molar-refractivity contribution < 1.29 is 4.79 Å². The average molecular weight is 243 g/mol. The van der Waals surface area contributed by atoms with E-state index in [-0.39, 0.29) is 24.4 Å². The molecule has 0 fully saturated rings. The lowest BCUT2D eigenvalue weighted by molar-refractivity contribution is -0.129. The van der Waals surface area contributed by atoms with Gasteiger partial charge in [0, 0.05) is 18.8 Å². The molecule has 0 heterocycles. The Morgan fingerprint density at radius 2 is 1.88 bits per heavy atom. The number of anilines is 1. The van der Waals surface area contributed by atoms with Crippen molar-refractivity contribution in [1.82, 2.24) is 4.90 Å². The summed E-state index contributed by atoms with van der Waals surface area (Å²) >= 11 is 0. The van der Waals surface area contributed by atoms with Crippen molar-refractivity contribution in [2.75, 3.05) is 18.9 Å². The van der Waals surface area contributed by atoms with Gasteiger partial charge in [0.15, 0.2) is 0 Å². The molecule has 0 saturated carbocycles. The molecule has 90 valence electrons. The Hall–Kier alpha value is -1.22. The molecule has 0 unspecified atom stereocenters. The van der Waals surface area contributed by atoms with Crippen LogP contribution in [0.1, 0.15) is 13.8 Å². The van der Waals surface area contributed by atoms with Crippen LogP contribution in [0, 0.1) is 0 Å². The zero-order valence-electron chi connectivity index (χ0n) is 9.93. The first-order valence-electron chi connectivity index (χ1n) is 5.16. The van der Waals surface area contributed by atoms with Gasteiger partial charge >= 0.3 is 0 Å². The van der Waals surface area contributed by atoms with E-state index in [1.54, 1.807) is 4.90 Å². The van der Waals surface area contributed by atoms with Crippen LogP contribution < -0.4 is 5.32 Å². The summed E-state index contributed by atoms with van der Waals surface area (Å²) in [7, 11) is 1.82. The molecule has 4 heteroatoms. The second-order valence-corrected chi connectivity index (χ2v) is 3.82. The Bertz CT molecular complexity index is 314. The van der Waals surface area contributed by atoms with Crippen LogP contribution in [0.2, 0.25) is 0 Å². The molecule has 0 saturated heterocycles. The summed E-state index contributed by atoms with van der Waals surface area (Å²) in [5.41, 5.74) is 0.975. The maximum atomic E-state index is 11.6. The number of carbonyl (C=O) groups is 1. The first kappa shape index (κ1) is 14.8. The standard InChI is InChI=1S/C12H18N2O.ClH/c1-10(2)14(3)12(15)9-13-11-7-5-4-6-8-11;/h4-8,10,13H,9H2,1-3H3;1H. The predicted molar refractivity (Wildman–Crippen MR) is 70.1 cm³/mol. The van der Waals surface area contributed by atoms with Crippen molar-refractivity contribution in [3.05, 3.63) is 30.3 Å². The molecular formula is C12H19ClN2O. The molecule has 0 aromatic heterocycles. The van der Waals surface area contributed by atoms with Crippen LogP contribution in [0.25, 0.3) is 0 Å². The van der Waals surface area contributed by atoms with Crippen LogP contribution in [0.3, 0.4) is 0 Å². The van der Waals surface area contributed by atoms with Gasteiger partial charge in [0.05, 0.1) is 6.54 Å². The van der Waals surface area contributed by atoms with Crippen LogP contribution in [0.4, 0.5) is 5.69 Å². The fourth-order valence-corrected chi connectivity index (χ4v) is 1.15. The van der Waals surface area contributed by atoms with Crippen molar-refractivity contribution in [2.45, 2.75) is 19.9 Å². The van der Waals surface area contributed by atoms with Gasteiger partial charge in [-0.25, -0.2) is 0 Å². The summed E-state index contributed by atoms with van der Waals surface area (Å²) in [6.45, 7) is 4.35. The first-order chi connectivity index (χ1) is 7.11. The molecule has 0 aliphatic rings. The Labute approximate surface area is 103 Å². The lowest BCUT2D eigenvalue weighted by atomic mass is 10.3. The molecule has 0 radical (unpaired) electrons. The number of nitrogens with one attached hydrogen (secondary N) is 1. The number of benzene rings is 1. The Kier molecular flexibility index (Phi) is 6.58. The van der Waals surface area contributed by atoms with E-state index in [2.05, 4.69) is 5.32 Å². The first-order valence-corrected chi connectivity index (χ1v) is 5.16. The van der Waals surface area contributed by atoms with Gasteiger partial charge in [0.2, 0.25) is 5.91 Å². The van der Waals surface area contributed by atoms with E-state index < -0.39 is 0 Å². The van der Waals surface area contributed by atoms with Crippen molar-refractivity contribution in [1.29, 1.82) is 0 Å². The molecule has 1 rings (SSSR count). The van der Waals surface area contributed by atoms with E-state index in [0.29, 0.717) is 6.54 Å². The highest BCUT2D eigenvalue weighted by molar-refractivity contribution is 5.85. The molecule has 0 aliphatic heterocycles. The summed E-state index contributed by atoms with van der Waals surface area (Å²) < 4.78 is 0. The number of para-hydroxylation sites is 1. The van der Waals surface area contributed by atoms with Gasteiger partial charge in [-0.05, 0) is 26.0 Å². The predicted octanol–water partition coefficient (Wildman–Crippen LogP) is 2.39. The van der Waals surface area contributed by atoms with E-state index in [9.17, 15) is 4.79 Å². The number of nitrogens with zero attached hydrogens (tertiary/aromatic N) is 1. The molecule has 1 N–H and O–H groups in total. The molecule has 0 bridgehead atoms. The van der Waals surface area contributed by atoms with Gasteiger partial charge in [-0.3, -0.25) is 4.79 Å². The monoisotopic (exact) mass is 242 g/mol. The molecule has 3 nitrogen and oxygen atoms in total. The van der Waals surface area contributed by atoms with Gasteiger partial charge < -0.3 is 10.2 Å². The lowest BCUT2D eigenvalue weighted by Gasteiger charge is -2.21. The second-order valence-electron chi connectivity index (χ2n) is 3.82. The third-order valence-corrected chi connectivity index (χ3v) is 2.39. The maximum absolute atomic E-state index is 11.6. The second kappa shape index (κ2) is 7.12. The summed E-state index contributed by atoms with van der Waals surface area (Å²) in [6.07, 6.45) is 0. The fraction of sp³-hybridized carbons (Fsp3) is 0.417. The smallest absolute Gasteiger partial charge is 0.241 e. The van der Waals surface area contributed by atoms with Gasteiger partial charge in [-0.2, -0.15) is 0 Å². The zero-order valence-corrected chi connectivity index (χ0v) is 10.8. The molecule has 0 atom stereocenters. The van der Waals surface area contributed by atoms with Gasteiger partial charge in [-0.1, -0.05) is 18.2 Å². The van der Waals surface area contributed by atoms with Crippen LogP contribution in [0.15, 0.2) is 30.3 Å². The fourth-order valence-electron chi connectivity index (χ4n) is 1.15. The Morgan fingerprint density at radius 1 is 1.31 bits per heavy atom. The van der Waals surface area contributed by atoms with Crippen LogP contribution in [0.5, 0.6) is 0 Å². The van der Waals surface area contributed by atoms with Crippen LogP contribution in [-0.2, 0) is 4.79 Å². The molecule has 1 aromatic rings. The molecule has 1 aromatic carbocycles. The maximum Gasteiger partial charge on any atom is 0.241 e. The van der Waals surface area contributed by atoms with Crippen LogP contribution >= 0.6 is 12.4 Å². The molecule has 16 heavy (non-hydrogen) atoms. The lowest BCUT2D eigenvalue weighted by Crippen LogP contribution is -2.37. The van der Waals surface area contributed by atoms with Crippen molar-refractivity contribution in [3.63, 3.8) is 0 Å². The minimum absolute atomic E-state index is 0. The van der Waals surface area contributed by atoms with E-state index in [1.807, 2.05) is 51.2 Å². The number of amides is 1. The minimum atomic E-state index is 0. The quantitative estimate of drug-likeness (QED) is 0.879. The van der Waals surface area contributed by atoms with Gasteiger partial charge in [-0.15, -0.1) is 12.4 Å². The molecule has 1 amide bonds. The van der Waals surface area contributed by atoms with Crippen molar-refractivity contribution in [2.24, 2.45) is 0 Å². The molecule has 0 aliphatic carbocycles. The summed E-state index contributed by atoms with van der Waals surface area (Å²) in [5.74, 6) is 0.105. The van der Waals surface area contributed by atoms with E-state index in [0.717, 1.165) is 5.69 Å². The molecular weight excluding hydrogens is 224 g/mol. The van der Waals surface area contributed by atoms with Crippen LogP contribution in [-0.4, -0.2) is 30.4 Å². The number of halogens is 1. The highest BCUT2D eigenvalue weighted by atomic mass is 35.5. The third kappa shape index (κ3) is 4.53. The van der Waals surface area contributed by atoms with E-state index in [1.165, 1.54) is 0 Å². The zero-order chi connectivity index (χ0) is 11.3. The minimum Gasteiger partial charge on any atom is -0.376 e. The topological polar surface area (TPSA) is 32.3 Å². The summed E-state index contributed by atoms with van der Waals surface area (Å²) in [6, 6.07) is 9.98. The van der Waals surface area contributed by atoms with E-state index >= 15 is 0 Å². The highest BCUT2D eigenvalue weighted by Crippen LogP contribution is 2.04. The third-order valence-electron chi connectivity index (χ3n) is 2.39. The average Bonchev–Trinajstić information content (AvgIpc) is 2.26. The highest BCUT2D eigenvalue weighted by Gasteiger charge is 2.10.